The van der Waals surface area contributed by atoms with Gasteiger partial charge in [0.15, 0.2) is 0 Å². The Kier molecular flexibility index (Phi) is 4.09. The lowest BCUT2D eigenvalue weighted by molar-refractivity contribution is 0.0722. The van der Waals surface area contributed by atoms with Crippen LogP contribution in [-0.4, -0.2) is 28.6 Å². The molecule has 2 heterocycles. The van der Waals surface area contributed by atoms with E-state index >= 15 is 0 Å². The van der Waals surface area contributed by atoms with Gasteiger partial charge in [-0.25, -0.2) is 0 Å². The van der Waals surface area contributed by atoms with E-state index in [-0.39, 0.29) is 12.5 Å². The number of thiophene rings is 1. The Morgan fingerprint density at radius 2 is 2.29 bits per heavy atom. The maximum absolute atomic E-state index is 12.6. The molecule has 0 radical (unpaired) electrons. The molecule has 1 aliphatic carbocycles. The number of rotatable bonds is 4. The average Bonchev–Trinajstić information content (AvgIpc) is 3.02. The zero-order valence-corrected chi connectivity index (χ0v) is 12.2. The van der Waals surface area contributed by atoms with E-state index in [1.165, 1.54) is 11.3 Å². The number of amides is 1. The molecule has 5 heteroatoms. The monoisotopic (exact) mass is 301 g/mol. The van der Waals surface area contributed by atoms with E-state index in [0.717, 1.165) is 23.5 Å². The number of aliphatic hydroxyl groups excluding tert-OH is 1. The minimum atomic E-state index is -0.173. The van der Waals surface area contributed by atoms with Crippen LogP contribution in [0.4, 0.5) is 0 Å². The molecule has 1 saturated carbocycles. The summed E-state index contributed by atoms with van der Waals surface area (Å²) in [5.41, 5.74) is 0. The fourth-order valence-corrected chi connectivity index (χ4v) is 2.95. The lowest BCUT2D eigenvalue weighted by atomic mass is 10.3. The van der Waals surface area contributed by atoms with Crippen molar-refractivity contribution in [2.24, 2.45) is 0 Å². The second-order valence-corrected chi connectivity index (χ2v) is 5.95. The second kappa shape index (κ2) is 6.17. The van der Waals surface area contributed by atoms with Crippen LogP contribution in [-0.2, 0) is 6.54 Å². The molecule has 0 aliphatic heterocycles. The fraction of sp³-hybridized carbons (Fsp3) is 0.312. The van der Waals surface area contributed by atoms with Crippen molar-refractivity contribution < 1.29 is 14.3 Å². The van der Waals surface area contributed by atoms with E-state index in [2.05, 4.69) is 11.8 Å². The number of carbonyl (C=O) groups is 1. The second-order valence-electron chi connectivity index (χ2n) is 4.87. The van der Waals surface area contributed by atoms with E-state index in [1.54, 1.807) is 12.3 Å². The minimum Gasteiger partial charge on any atom is -0.467 e. The first-order valence-electron chi connectivity index (χ1n) is 6.81. The van der Waals surface area contributed by atoms with Crippen LogP contribution >= 0.6 is 11.3 Å². The van der Waals surface area contributed by atoms with E-state index < -0.39 is 0 Å². The van der Waals surface area contributed by atoms with Crippen molar-refractivity contribution in [3.63, 3.8) is 0 Å². The van der Waals surface area contributed by atoms with Crippen LogP contribution in [0, 0.1) is 11.8 Å². The summed E-state index contributed by atoms with van der Waals surface area (Å²) < 4.78 is 5.35. The SMILES string of the molecule is O=C(c1ccc(C#CCO)s1)N(Cc1ccco1)C1CC1. The Morgan fingerprint density at radius 1 is 1.43 bits per heavy atom. The lowest BCUT2D eigenvalue weighted by Gasteiger charge is -2.20. The van der Waals surface area contributed by atoms with Crippen molar-refractivity contribution in [3.05, 3.63) is 46.0 Å². The van der Waals surface area contributed by atoms with Gasteiger partial charge in [-0.15, -0.1) is 11.3 Å². The number of nitrogens with zero attached hydrogens (tertiary/aromatic N) is 1. The zero-order chi connectivity index (χ0) is 14.7. The molecule has 3 rings (SSSR count). The first kappa shape index (κ1) is 13.9. The predicted molar refractivity (Wildman–Crippen MR) is 79.9 cm³/mol. The van der Waals surface area contributed by atoms with Gasteiger partial charge in [-0.1, -0.05) is 11.8 Å². The minimum absolute atomic E-state index is 0.0240. The van der Waals surface area contributed by atoms with E-state index in [4.69, 9.17) is 9.52 Å². The van der Waals surface area contributed by atoms with Crippen molar-refractivity contribution in [3.8, 4) is 11.8 Å². The van der Waals surface area contributed by atoms with Crippen LogP contribution in [0.3, 0.4) is 0 Å². The van der Waals surface area contributed by atoms with E-state index in [1.807, 2.05) is 23.1 Å². The number of carbonyl (C=O) groups excluding carboxylic acids is 1. The molecule has 2 aromatic rings. The molecule has 21 heavy (non-hydrogen) atoms. The average molecular weight is 301 g/mol. The van der Waals surface area contributed by atoms with Gasteiger partial charge in [-0.05, 0) is 37.1 Å². The maximum atomic E-state index is 12.6. The smallest absolute Gasteiger partial charge is 0.264 e. The summed E-state index contributed by atoms with van der Waals surface area (Å²) in [6, 6.07) is 7.65. The Morgan fingerprint density at radius 3 is 2.95 bits per heavy atom. The van der Waals surface area contributed by atoms with E-state index in [9.17, 15) is 4.79 Å². The highest BCUT2D eigenvalue weighted by Gasteiger charge is 2.34. The molecule has 0 unspecified atom stereocenters. The fourth-order valence-electron chi connectivity index (χ4n) is 2.11. The van der Waals surface area contributed by atoms with Crippen molar-refractivity contribution in [1.82, 2.24) is 4.90 Å². The standard InChI is InChI=1S/C16H15NO3S/c18-9-1-4-14-7-8-15(21-14)16(19)17(12-5-6-12)11-13-3-2-10-20-13/h2-3,7-8,10,12,18H,5-6,9,11H2. The topological polar surface area (TPSA) is 53.7 Å². The molecular weight excluding hydrogens is 286 g/mol. The van der Waals surface area contributed by atoms with Gasteiger partial charge < -0.3 is 14.4 Å². The van der Waals surface area contributed by atoms with Crippen LogP contribution in [0.25, 0.3) is 0 Å². The van der Waals surface area contributed by atoms with Crippen LogP contribution in [0.2, 0.25) is 0 Å². The van der Waals surface area contributed by atoms with Gasteiger partial charge in [0.05, 0.1) is 22.6 Å². The van der Waals surface area contributed by atoms with Gasteiger partial charge in [0.2, 0.25) is 0 Å². The molecule has 0 bridgehead atoms. The molecule has 0 saturated heterocycles. The number of hydrogen-bond donors (Lipinski definition) is 1. The summed E-state index contributed by atoms with van der Waals surface area (Å²) in [7, 11) is 0. The third kappa shape index (κ3) is 3.35. The highest BCUT2D eigenvalue weighted by atomic mass is 32.1. The maximum Gasteiger partial charge on any atom is 0.264 e. The molecule has 1 N–H and O–H groups in total. The van der Waals surface area contributed by atoms with Crippen LogP contribution in [0.15, 0.2) is 34.9 Å². The summed E-state index contributed by atoms with van der Waals surface area (Å²) >= 11 is 1.36. The van der Waals surface area contributed by atoms with Crippen LogP contribution in [0.5, 0.6) is 0 Å². The molecule has 108 valence electrons. The summed E-state index contributed by atoms with van der Waals surface area (Å²) in [5, 5.41) is 8.70. The number of aliphatic hydroxyl groups is 1. The Hall–Kier alpha value is -2.03. The highest BCUT2D eigenvalue weighted by Crippen LogP contribution is 2.31. The molecule has 0 aromatic carbocycles. The van der Waals surface area contributed by atoms with Gasteiger partial charge >= 0.3 is 0 Å². The molecule has 2 aromatic heterocycles. The molecule has 1 amide bonds. The van der Waals surface area contributed by atoms with Gasteiger partial charge in [-0.2, -0.15) is 0 Å². The molecule has 4 nitrogen and oxygen atoms in total. The number of hydrogen-bond acceptors (Lipinski definition) is 4. The molecule has 1 aliphatic rings. The Labute approximate surface area is 127 Å². The van der Waals surface area contributed by atoms with Gasteiger partial charge in [0.25, 0.3) is 5.91 Å². The highest BCUT2D eigenvalue weighted by molar-refractivity contribution is 7.14. The van der Waals surface area contributed by atoms with Gasteiger partial charge in [0.1, 0.15) is 12.4 Å². The Balaban J connectivity index is 1.76. The number of furan rings is 1. The normalized spacial score (nSPS) is 13.6. The largest absolute Gasteiger partial charge is 0.467 e. The van der Waals surface area contributed by atoms with Crippen LogP contribution < -0.4 is 0 Å². The van der Waals surface area contributed by atoms with Gasteiger partial charge in [-0.3, -0.25) is 4.79 Å². The molecular formula is C16H15NO3S. The van der Waals surface area contributed by atoms with Crippen molar-refractivity contribution in [2.45, 2.75) is 25.4 Å². The van der Waals surface area contributed by atoms with E-state index in [0.29, 0.717) is 17.5 Å². The molecule has 0 spiro atoms. The summed E-state index contributed by atoms with van der Waals surface area (Å²) in [6.07, 6.45) is 3.72. The van der Waals surface area contributed by atoms with Crippen molar-refractivity contribution in [1.29, 1.82) is 0 Å². The van der Waals surface area contributed by atoms with Crippen LogP contribution in [0.1, 0.15) is 33.2 Å². The first-order chi connectivity index (χ1) is 10.3. The molecule has 1 fully saturated rings. The summed E-state index contributed by atoms with van der Waals surface area (Å²) in [5.74, 6) is 6.24. The van der Waals surface area contributed by atoms with Crippen molar-refractivity contribution in [2.75, 3.05) is 6.61 Å². The first-order valence-corrected chi connectivity index (χ1v) is 7.62. The predicted octanol–water partition coefficient (Wildman–Crippen LogP) is 2.49. The zero-order valence-electron chi connectivity index (χ0n) is 11.4. The summed E-state index contributed by atoms with van der Waals surface area (Å²) in [6.45, 7) is 0.333. The van der Waals surface area contributed by atoms with Crippen molar-refractivity contribution >= 4 is 17.2 Å². The Bertz CT molecular complexity index is 674. The van der Waals surface area contributed by atoms with Gasteiger partial charge in [0, 0.05) is 6.04 Å². The summed E-state index contributed by atoms with van der Waals surface area (Å²) in [4.78, 5) is 16.0. The third-order valence-electron chi connectivity index (χ3n) is 3.26. The quantitative estimate of drug-likeness (QED) is 0.883. The lowest BCUT2D eigenvalue weighted by Crippen LogP contribution is -2.31. The molecule has 0 atom stereocenters. The third-order valence-corrected chi connectivity index (χ3v) is 4.25.